The van der Waals surface area contributed by atoms with Crippen LogP contribution in [0.2, 0.25) is 0 Å². The zero-order valence-electron chi connectivity index (χ0n) is 3.99. The summed E-state index contributed by atoms with van der Waals surface area (Å²) in [6.45, 7) is 4.77. The predicted octanol–water partition coefficient (Wildman–Crippen LogP) is 1.48. The first-order chi connectivity index (χ1) is 3.18. The van der Waals surface area contributed by atoms with E-state index in [-0.39, 0.29) is 0 Å². The smallest absolute Gasteiger partial charge is 0.255 e. The molecule has 0 aliphatic rings. The van der Waals surface area contributed by atoms with Crippen molar-refractivity contribution < 1.29 is 4.79 Å². The van der Waals surface area contributed by atoms with Crippen LogP contribution in [0.1, 0.15) is 6.92 Å². The van der Waals surface area contributed by atoms with E-state index in [9.17, 15) is 4.79 Å². The highest BCUT2D eigenvalue weighted by Gasteiger charge is 1.92. The molecule has 0 saturated heterocycles. The second-order valence-corrected chi connectivity index (χ2v) is 1.42. The Morgan fingerprint density at radius 2 is 2.29 bits per heavy atom. The zero-order chi connectivity index (χ0) is 5.86. The molecule has 2 heteroatoms. The van der Waals surface area contributed by atoms with Gasteiger partial charge in [0.05, 0.1) is 0 Å². The van der Waals surface area contributed by atoms with Crippen molar-refractivity contribution in [2.75, 3.05) is 0 Å². The molecule has 0 N–H and O–H groups in total. The summed E-state index contributed by atoms with van der Waals surface area (Å²) in [5.41, 5.74) is 2.71. The normalized spacial score (nSPS) is 7.14. The van der Waals surface area contributed by atoms with Gasteiger partial charge in [0.1, 0.15) is 0 Å². The SMILES string of the molecule is C=C=C(C)C(=O)Cl. The number of halogens is 1. The van der Waals surface area contributed by atoms with Crippen molar-refractivity contribution >= 4 is 16.8 Å². The molecule has 1 nitrogen and oxygen atoms in total. The van der Waals surface area contributed by atoms with E-state index in [2.05, 4.69) is 12.3 Å². The number of hydrogen-bond acceptors (Lipinski definition) is 1. The summed E-state index contributed by atoms with van der Waals surface area (Å²) in [7, 11) is 0. The quantitative estimate of drug-likeness (QED) is 0.288. The molecule has 0 aliphatic heterocycles. The van der Waals surface area contributed by atoms with E-state index in [0.29, 0.717) is 5.57 Å². The van der Waals surface area contributed by atoms with Crippen LogP contribution >= 0.6 is 11.6 Å². The van der Waals surface area contributed by atoms with Gasteiger partial charge in [-0.2, -0.15) is 0 Å². The zero-order valence-corrected chi connectivity index (χ0v) is 4.75. The van der Waals surface area contributed by atoms with E-state index >= 15 is 0 Å². The molecule has 0 amide bonds. The Morgan fingerprint density at radius 3 is 2.29 bits per heavy atom. The van der Waals surface area contributed by atoms with Crippen LogP contribution in [0.4, 0.5) is 0 Å². The minimum atomic E-state index is -0.491. The minimum Gasteiger partial charge on any atom is -0.275 e. The second kappa shape index (κ2) is 2.62. The third kappa shape index (κ3) is 2.21. The summed E-state index contributed by atoms with van der Waals surface area (Å²) in [5, 5.41) is -0.491. The molecule has 0 aromatic heterocycles. The lowest BCUT2D eigenvalue weighted by atomic mass is 10.4. The Bertz CT molecular complexity index is 131. The molecule has 0 heterocycles. The largest absolute Gasteiger partial charge is 0.275 e. The molecular weight excluding hydrogens is 112 g/mol. The molecule has 0 spiro atoms. The number of carbonyl (C=O) groups excluding carboxylic acids is 1. The average molecular weight is 117 g/mol. The lowest BCUT2D eigenvalue weighted by molar-refractivity contribution is -0.108. The highest BCUT2D eigenvalue weighted by atomic mass is 35.5. The van der Waals surface area contributed by atoms with Gasteiger partial charge < -0.3 is 0 Å². The maximum absolute atomic E-state index is 10.0. The van der Waals surface area contributed by atoms with Gasteiger partial charge in [0, 0.05) is 5.57 Å². The van der Waals surface area contributed by atoms with Crippen LogP contribution in [-0.2, 0) is 4.79 Å². The molecule has 0 radical (unpaired) electrons. The van der Waals surface area contributed by atoms with Gasteiger partial charge in [0.2, 0.25) is 0 Å². The highest BCUT2D eigenvalue weighted by Crippen LogP contribution is 1.93. The second-order valence-electron chi connectivity index (χ2n) is 1.08. The Morgan fingerprint density at radius 1 is 1.86 bits per heavy atom. The first-order valence-corrected chi connectivity index (χ1v) is 2.12. The Labute approximate surface area is 47.3 Å². The fraction of sp³-hybridized carbons (Fsp3) is 0.200. The highest BCUT2D eigenvalue weighted by molar-refractivity contribution is 6.67. The van der Waals surface area contributed by atoms with E-state index in [4.69, 9.17) is 11.6 Å². The summed E-state index contributed by atoms with van der Waals surface area (Å²) in [6, 6.07) is 0. The third-order valence-electron chi connectivity index (χ3n) is 0.560. The van der Waals surface area contributed by atoms with Crippen molar-refractivity contribution in [1.29, 1.82) is 0 Å². The summed E-state index contributed by atoms with van der Waals surface area (Å²) in [6.07, 6.45) is 0. The Hall–Kier alpha value is -0.520. The van der Waals surface area contributed by atoms with Crippen molar-refractivity contribution in [3.8, 4) is 0 Å². The van der Waals surface area contributed by atoms with Gasteiger partial charge in [0.25, 0.3) is 5.24 Å². The van der Waals surface area contributed by atoms with Crippen molar-refractivity contribution in [1.82, 2.24) is 0 Å². The first kappa shape index (κ1) is 6.48. The van der Waals surface area contributed by atoms with Crippen molar-refractivity contribution in [2.45, 2.75) is 6.92 Å². The standard InChI is InChI=1S/C5H5ClO/c1-3-4(2)5(6)7/h1H2,2H3. The van der Waals surface area contributed by atoms with Gasteiger partial charge in [-0.25, -0.2) is 0 Å². The summed E-state index contributed by atoms with van der Waals surface area (Å²) < 4.78 is 0. The van der Waals surface area contributed by atoms with E-state index in [1.807, 2.05) is 0 Å². The van der Waals surface area contributed by atoms with Crippen LogP contribution in [0, 0.1) is 0 Å². The van der Waals surface area contributed by atoms with Gasteiger partial charge >= 0.3 is 0 Å². The van der Waals surface area contributed by atoms with Crippen LogP contribution in [-0.4, -0.2) is 5.24 Å². The number of rotatable bonds is 1. The van der Waals surface area contributed by atoms with Crippen LogP contribution < -0.4 is 0 Å². The molecular formula is C5H5ClO. The van der Waals surface area contributed by atoms with Gasteiger partial charge in [-0.05, 0) is 18.5 Å². The molecule has 0 atom stereocenters. The first-order valence-electron chi connectivity index (χ1n) is 1.75. The topological polar surface area (TPSA) is 17.1 Å². The average Bonchev–Trinajstić information content (AvgIpc) is 1.65. The van der Waals surface area contributed by atoms with E-state index in [0.717, 1.165) is 0 Å². The monoisotopic (exact) mass is 116 g/mol. The van der Waals surface area contributed by atoms with Gasteiger partial charge in [-0.15, -0.1) is 5.73 Å². The molecule has 38 valence electrons. The Balaban J connectivity index is 4.10. The number of hydrogen-bond donors (Lipinski definition) is 0. The van der Waals surface area contributed by atoms with E-state index in [1.54, 1.807) is 6.92 Å². The van der Waals surface area contributed by atoms with Crippen molar-refractivity contribution in [3.63, 3.8) is 0 Å². The maximum Gasteiger partial charge on any atom is 0.255 e. The van der Waals surface area contributed by atoms with E-state index < -0.39 is 5.24 Å². The van der Waals surface area contributed by atoms with Crippen LogP contribution in [0.3, 0.4) is 0 Å². The Kier molecular flexibility index (Phi) is 2.42. The molecule has 0 aliphatic carbocycles. The maximum atomic E-state index is 10.0. The van der Waals surface area contributed by atoms with Crippen molar-refractivity contribution in [2.24, 2.45) is 0 Å². The molecule has 0 aromatic rings. The fourth-order valence-electron chi connectivity index (χ4n) is 0.0695. The van der Waals surface area contributed by atoms with Crippen LogP contribution in [0.5, 0.6) is 0 Å². The predicted molar refractivity (Wildman–Crippen MR) is 29.2 cm³/mol. The number of allylic oxidation sites excluding steroid dienone is 1. The molecule has 0 aromatic carbocycles. The number of carbonyl (C=O) groups is 1. The summed E-state index contributed by atoms with van der Waals surface area (Å²) >= 11 is 4.95. The summed E-state index contributed by atoms with van der Waals surface area (Å²) in [5.74, 6) is 0. The minimum absolute atomic E-state index is 0.363. The lowest BCUT2D eigenvalue weighted by Gasteiger charge is -1.78. The third-order valence-corrected chi connectivity index (χ3v) is 0.843. The molecule has 0 bridgehead atoms. The van der Waals surface area contributed by atoms with Gasteiger partial charge in [-0.1, -0.05) is 6.58 Å². The summed E-state index contributed by atoms with van der Waals surface area (Å²) in [4.78, 5) is 10.0. The molecule has 0 saturated carbocycles. The molecule has 0 unspecified atom stereocenters. The molecule has 0 rings (SSSR count). The molecule has 7 heavy (non-hydrogen) atoms. The fourth-order valence-corrected chi connectivity index (χ4v) is 0.136. The lowest BCUT2D eigenvalue weighted by Crippen LogP contribution is -1.82. The van der Waals surface area contributed by atoms with Gasteiger partial charge in [0.15, 0.2) is 0 Å². The van der Waals surface area contributed by atoms with E-state index in [1.165, 1.54) is 0 Å². The van der Waals surface area contributed by atoms with Gasteiger partial charge in [-0.3, -0.25) is 4.79 Å². The van der Waals surface area contributed by atoms with Crippen molar-refractivity contribution in [3.05, 3.63) is 17.9 Å². The van der Waals surface area contributed by atoms with Crippen LogP contribution in [0.15, 0.2) is 17.9 Å². The van der Waals surface area contributed by atoms with Crippen LogP contribution in [0.25, 0.3) is 0 Å². The molecule has 0 fully saturated rings.